The van der Waals surface area contributed by atoms with Gasteiger partial charge in [0.1, 0.15) is 30.3 Å². The van der Waals surface area contributed by atoms with Crippen molar-refractivity contribution in [2.75, 3.05) is 13.2 Å². The monoisotopic (exact) mass is 528 g/mol. The van der Waals surface area contributed by atoms with Crippen LogP contribution in [0.1, 0.15) is 31.3 Å². The molecule has 1 unspecified atom stereocenters. The number of nitrogens with zero attached hydrogens (tertiary/aromatic N) is 2. The number of carbonyl (C=O) groups is 2. The zero-order valence-electron chi connectivity index (χ0n) is 19.8. The first-order valence-corrected chi connectivity index (χ1v) is 12.5. The largest absolute Gasteiger partial charge is 0.493 e. The summed E-state index contributed by atoms with van der Waals surface area (Å²) in [7, 11) is -4.26. The van der Waals surface area contributed by atoms with Crippen LogP contribution in [0, 0.1) is 0 Å². The van der Waals surface area contributed by atoms with E-state index >= 15 is 0 Å². The molecule has 0 aliphatic carbocycles. The van der Waals surface area contributed by atoms with E-state index in [-0.39, 0.29) is 5.75 Å². The van der Waals surface area contributed by atoms with Gasteiger partial charge in [0.05, 0.1) is 19.3 Å². The maximum Gasteiger partial charge on any atom is 0.459 e. The lowest BCUT2D eigenvalue weighted by Gasteiger charge is -2.28. The Balaban J connectivity index is 1.76. The van der Waals surface area contributed by atoms with Crippen molar-refractivity contribution in [2.24, 2.45) is 5.73 Å². The number of primary amides is 1. The number of carbonyl (C=O) groups excluding carboxylic acids is 2. The number of aliphatic hydroxyl groups is 2. The average Bonchev–Trinajstić information content (AvgIpc) is 3.33. The average molecular weight is 528 g/mol. The van der Waals surface area contributed by atoms with Crippen molar-refractivity contribution in [2.45, 2.75) is 50.8 Å². The van der Waals surface area contributed by atoms with E-state index in [1.165, 1.54) is 19.1 Å². The Kier molecular flexibility index (Phi) is 8.39. The van der Waals surface area contributed by atoms with E-state index in [1.54, 1.807) is 32.0 Å². The Hall–Kier alpha value is -3.00. The van der Waals surface area contributed by atoms with Crippen molar-refractivity contribution in [3.63, 3.8) is 0 Å². The fourth-order valence-corrected chi connectivity index (χ4v) is 4.86. The van der Waals surface area contributed by atoms with Crippen LogP contribution in [0.15, 0.2) is 36.7 Å². The summed E-state index contributed by atoms with van der Waals surface area (Å²) in [5, 5.41) is 34.4. The van der Waals surface area contributed by atoms with Crippen molar-refractivity contribution >= 4 is 19.6 Å². The van der Waals surface area contributed by atoms with E-state index < -0.39 is 74.5 Å². The number of hydrogen-bond donors (Lipinski definition) is 5. The van der Waals surface area contributed by atoms with Gasteiger partial charge in [0.15, 0.2) is 11.4 Å². The number of nitrogens with two attached hydrogens (primary N) is 1. The van der Waals surface area contributed by atoms with Gasteiger partial charge in [-0.05, 0) is 32.9 Å². The van der Waals surface area contributed by atoms with Gasteiger partial charge in [-0.3, -0.25) is 18.7 Å². The molecule has 15 heteroatoms. The predicted molar refractivity (Wildman–Crippen MR) is 123 cm³/mol. The van der Waals surface area contributed by atoms with E-state index in [0.717, 1.165) is 10.9 Å². The zero-order valence-corrected chi connectivity index (χ0v) is 20.7. The van der Waals surface area contributed by atoms with E-state index in [2.05, 4.69) is 10.1 Å². The molecule has 1 saturated heterocycles. The second-order valence-corrected chi connectivity index (χ2v) is 10.1. The van der Waals surface area contributed by atoms with Gasteiger partial charge in [0.2, 0.25) is 5.88 Å². The van der Waals surface area contributed by atoms with Crippen LogP contribution in [0.3, 0.4) is 0 Å². The molecule has 3 rings (SSSR count). The molecule has 0 saturated carbocycles. The van der Waals surface area contributed by atoms with Gasteiger partial charge in [-0.25, -0.2) is 9.55 Å². The molecule has 6 N–H and O–H groups in total. The van der Waals surface area contributed by atoms with E-state index in [1.807, 2.05) is 0 Å². The van der Waals surface area contributed by atoms with E-state index in [4.69, 9.17) is 24.3 Å². The molecule has 1 aromatic carbocycles. The number of para-hydroxylation sites is 1. The SMILES string of the molecule is CC(C)OC(=O)[C@H](C)NP(=O)(OC[C@H]1OC[C@@](O)(n2cnc(C(N)=O)c2O)[C@@H]1O)Oc1ccccc1. The maximum atomic E-state index is 13.5. The quantitative estimate of drug-likeness (QED) is 0.196. The Bertz CT molecular complexity index is 1130. The molecule has 2 heterocycles. The minimum atomic E-state index is -4.26. The van der Waals surface area contributed by atoms with Gasteiger partial charge in [0, 0.05) is 0 Å². The molecule has 1 aromatic heterocycles. The number of ether oxygens (including phenoxy) is 2. The van der Waals surface area contributed by atoms with E-state index in [9.17, 15) is 29.5 Å². The molecule has 36 heavy (non-hydrogen) atoms. The summed E-state index contributed by atoms with van der Waals surface area (Å²) in [6.45, 7) is 3.62. The molecule has 0 bridgehead atoms. The summed E-state index contributed by atoms with van der Waals surface area (Å²) in [5.74, 6) is -2.34. The molecule has 2 aromatic rings. The minimum absolute atomic E-state index is 0.171. The number of imidazole rings is 1. The van der Waals surface area contributed by atoms with Crippen LogP contribution >= 0.6 is 7.75 Å². The molecule has 1 aliphatic heterocycles. The first kappa shape index (κ1) is 27.6. The Morgan fingerprint density at radius 3 is 2.58 bits per heavy atom. The molecular weight excluding hydrogens is 499 g/mol. The van der Waals surface area contributed by atoms with Crippen LogP contribution in [-0.4, -0.2) is 74.3 Å². The highest BCUT2D eigenvalue weighted by molar-refractivity contribution is 7.52. The number of rotatable bonds is 11. The maximum absolute atomic E-state index is 13.5. The highest BCUT2D eigenvalue weighted by atomic mass is 31.2. The third kappa shape index (κ3) is 6.03. The lowest BCUT2D eigenvalue weighted by Crippen LogP contribution is -2.47. The van der Waals surface area contributed by atoms with Crippen LogP contribution in [0.4, 0.5) is 0 Å². The summed E-state index contributed by atoms with van der Waals surface area (Å²) >= 11 is 0. The third-order valence-corrected chi connectivity index (χ3v) is 6.81. The lowest BCUT2D eigenvalue weighted by molar-refractivity contribution is -0.149. The second kappa shape index (κ2) is 10.9. The molecule has 1 amide bonds. The normalized spacial score (nSPS) is 24.3. The fourth-order valence-electron chi connectivity index (χ4n) is 3.36. The molecule has 5 atom stereocenters. The summed E-state index contributed by atoms with van der Waals surface area (Å²) in [4.78, 5) is 27.2. The van der Waals surface area contributed by atoms with Gasteiger partial charge in [0.25, 0.3) is 5.91 Å². The first-order valence-electron chi connectivity index (χ1n) is 10.9. The Morgan fingerprint density at radius 2 is 2.00 bits per heavy atom. The number of benzene rings is 1. The van der Waals surface area contributed by atoms with Crippen LogP contribution in [0.25, 0.3) is 0 Å². The highest BCUT2D eigenvalue weighted by Gasteiger charge is 2.52. The lowest BCUT2D eigenvalue weighted by atomic mass is 10.1. The minimum Gasteiger partial charge on any atom is -0.493 e. The van der Waals surface area contributed by atoms with Crippen molar-refractivity contribution in [1.82, 2.24) is 14.6 Å². The number of aromatic nitrogens is 2. The number of aliphatic hydroxyl groups excluding tert-OH is 1. The summed E-state index contributed by atoms with van der Waals surface area (Å²) < 4.78 is 35.8. The number of esters is 1. The summed E-state index contributed by atoms with van der Waals surface area (Å²) in [6, 6.07) is 6.94. The van der Waals surface area contributed by atoms with Crippen molar-refractivity contribution in [3.05, 3.63) is 42.4 Å². The van der Waals surface area contributed by atoms with Gasteiger partial charge < -0.3 is 35.1 Å². The van der Waals surface area contributed by atoms with Crippen LogP contribution in [0.2, 0.25) is 0 Å². The zero-order chi connectivity index (χ0) is 26.7. The van der Waals surface area contributed by atoms with Gasteiger partial charge >= 0.3 is 13.7 Å². The van der Waals surface area contributed by atoms with Crippen molar-refractivity contribution in [1.29, 1.82) is 0 Å². The summed E-state index contributed by atoms with van der Waals surface area (Å²) in [5.41, 5.74) is 2.37. The number of hydrogen-bond acceptors (Lipinski definition) is 11. The van der Waals surface area contributed by atoms with Crippen LogP contribution in [0.5, 0.6) is 11.6 Å². The number of nitrogens with one attached hydrogen (secondary N) is 1. The van der Waals surface area contributed by atoms with Gasteiger partial charge in [-0.1, -0.05) is 18.2 Å². The molecule has 1 aliphatic rings. The van der Waals surface area contributed by atoms with Gasteiger partial charge in [-0.15, -0.1) is 0 Å². The molecule has 14 nitrogen and oxygen atoms in total. The van der Waals surface area contributed by atoms with Gasteiger partial charge in [-0.2, -0.15) is 5.09 Å². The van der Waals surface area contributed by atoms with Crippen LogP contribution in [-0.2, 0) is 29.1 Å². The summed E-state index contributed by atoms with van der Waals surface area (Å²) in [6.07, 6.45) is -2.49. The Labute approximate surface area is 206 Å². The predicted octanol–water partition coefficient (Wildman–Crippen LogP) is 0.226. The number of amides is 1. The smallest absolute Gasteiger partial charge is 0.459 e. The molecule has 0 radical (unpaired) electrons. The van der Waals surface area contributed by atoms with Crippen molar-refractivity contribution in [3.8, 4) is 11.6 Å². The first-order chi connectivity index (χ1) is 16.9. The standard InChI is InChI=1S/C21H29N4O10P/c1-12(2)34-20(29)13(3)24-36(31,35-14-7-5-4-6-8-14)33-9-15-17(26)21(30,10-32-15)25-11-23-16(18(22)27)19(25)28/h4-8,11-13,15,17,26,28,30H,9-10H2,1-3H3,(H2,22,27)(H,24,31)/t13-,15+,17+,21-,36?/m0/s1. The third-order valence-electron chi connectivity index (χ3n) is 5.16. The van der Waals surface area contributed by atoms with Crippen molar-refractivity contribution < 1.29 is 48.0 Å². The Morgan fingerprint density at radius 1 is 1.33 bits per heavy atom. The topological polar surface area (TPSA) is 205 Å². The van der Waals surface area contributed by atoms with Crippen LogP contribution < -0.4 is 15.3 Å². The molecule has 0 spiro atoms. The van der Waals surface area contributed by atoms with E-state index in [0.29, 0.717) is 0 Å². The molecular formula is C21H29N4O10P. The molecule has 198 valence electrons. The molecule has 1 fully saturated rings. The number of aromatic hydroxyl groups is 1. The fraction of sp³-hybridized carbons (Fsp3) is 0.476. The second-order valence-electron chi connectivity index (χ2n) is 8.36. The highest BCUT2D eigenvalue weighted by Crippen LogP contribution is 2.46.